The highest BCUT2D eigenvalue weighted by Crippen LogP contribution is 2.31. The van der Waals surface area contributed by atoms with Crippen molar-refractivity contribution in [2.24, 2.45) is 0 Å². The molecule has 0 spiro atoms. The topological polar surface area (TPSA) is 55.6 Å². The van der Waals surface area contributed by atoms with Gasteiger partial charge in [0.1, 0.15) is 17.3 Å². The summed E-state index contributed by atoms with van der Waals surface area (Å²) in [6, 6.07) is 20.6. The van der Waals surface area contributed by atoms with Crippen LogP contribution in [0.5, 0.6) is 0 Å². The molecule has 5 nitrogen and oxygen atoms in total. The summed E-state index contributed by atoms with van der Waals surface area (Å²) in [5.74, 6) is 0.497. The molecule has 0 saturated heterocycles. The Hall–Kier alpha value is -3.54. The molecule has 1 atom stereocenters. The number of hydrogen-bond acceptors (Lipinski definition) is 4. The highest BCUT2D eigenvalue weighted by molar-refractivity contribution is 5.78. The lowest BCUT2D eigenvalue weighted by atomic mass is 10.0. The second-order valence-corrected chi connectivity index (χ2v) is 6.82. The molecule has 29 heavy (non-hydrogen) atoms. The minimum Gasteiger partial charge on any atom is -0.364 e. The molecule has 0 aliphatic carbocycles. The van der Waals surface area contributed by atoms with Crippen LogP contribution in [0.1, 0.15) is 25.5 Å². The van der Waals surface area contributed by atoms with E-state index in [4.69, 9.17) is 0 Å². The van der Waals surface area contributed by atoms with Gasteiger partial charge in [0.2, 0.25) is 0 Å². The molecule has 146 valence electrons. The van der Waals surface area contributed by atoms with Gasteiger partial charge in [-0.3, -0.25) is 0 Å². The number of aryl methyl sites for hydroxylation is 1. The van der Waals surface area contributed by atoms with Crippen molar-refractivity contribution in [3.63, 3.8) is 0 Å². The van der Waals surface area contributed by atoms with Crippen LogP contribution in [-0.2, 0) is 6.54 Å². The first kappa shape index (κ1) is 18.8. The predicted molar refractivity (Wildman–Crippen MR) is 113 cm³/mol. The second-order valence-electron chi connectivity index (χ2n) is 6.82. The third kappa shape index (κ3) is 4.01. The number of hydrogen-bond donors (Lipinski definition) is 1. The van der Waals surface area contributed by atoms with Gasteiger partial charge >= 0.3 is 0 Å². The van der Waals surface area contributed by atoms with Crippen LogP contribution in [0, 0.1) is 5.82 Å². The first-order valence-electron chi connectivity index (χ1n) is 9.63. The van der Waals surface area contributed by atoms with Crippen LogP contribution < -0.4 is 5.32 Å². The largest absolute Gasteiger partial charge is 0.364 e. The quantitative estimate of drug-likeness (QED) is 0.485. The predicted octanol–water partition coefficient (Wildman–Crippen LogP) is 5.34. The van der Waals surface area contributed by atoms with Crippen molar-refractivity contribution in [2.45, 2.75) is 26.4 Å². The smallest absolute Gasteiger partial charge is 0.127 e. The van der Waals surface area contributed by atoms with Crippen LogP contribution in [0.2, 0.25) is 0 Å². The van der Waals surface area contributed by atoms with Gasteiger partial charge in [-0.1, -0.05) is 35.5 Å². The third-order valence-electron chi connectivity index (χ3n) is 4.85. The number of pyridine rings is 1. The summed E-state index contributed by atoms with van der Waals surface area (Å²) in [7, 11) is 0. The number of halogens is 1. The van der Waals surface area contributed by atoms with E-state index < -0.39 is 0 Å². The molecule has 0 radical (unpaired) electrons. The Kier molecular flexibility index (Phi) is 5.33. The molecule has 0 aliphatic rings. The average Bonchev–Trinajstić information content (AvgIpc) is 3.19. The van der Waals surface area contributed by atoms with Gasteiger partial charge in [-0.05, 0) is 55.8 Å². The molecular formula is C23H22FN5. The van der Waals surface area contributed by atoms with E-state index in [1.807, 2.05) is 41.9 Å². The zero-order chi connectivity index (χ0) is 20.2. The fourth-order valence-electron chi connectivity index (χ4n) is 3.33. The highest BCUT2D eigenvalue weighted by atomic mass is 19.1. The Labute approximate surface area is 169 Å². The van der Waals surface area contributed by atoms with Crippen LogP contribution >= 0.6 is 0 Å². The van der Waals surface area contributed by atoms with Crippen molar-refractivity contribution >= 4 is 5.82 Å². The molecule has 2 aromatic carbocycles. The molecule has 1 N–H and O–H groups in total. The van der Waals surface area contributed by atoms with Crippen molar-refractivity contribution in [1.29, 1.82) is 0 Å². The Morgan fingerprint density at radius 1 is 1.00 bits per heavy atom. The molecule has 4 rings (SSSR count). The summed E-state index contributed by atoms with van der Waals surface area (Å²) in [6.45, 7) is 4.80. The maximum absolute atomic E-state index is 13.4. The lowest BCUT2D eigenvalue weighted by molar-refractivity contribution is 0.628. The number of rotatable bonds is 6. The van der Waals surface area contributed by atoms with E-state index in [1.165, 1.54) is 17.7 Å². The van der Waals surface area contributed by atoms with Crippen LogP contribution in [0.15, 0.2) is 72.9 Å². The lowest BCUT2D eigenvalue weighted by Gasteiger charge is -2.16. The summed E-state index contributed by atoms with van der Waals surface area (Å²) >= 11 is 0. The maximum atomic E-state index is 13.4. The standard InChI is InChI=1S/C23H22FN5/c1-3-29-23(22(27-28-29)18-9-11-20(24)12-10-18)19-13-14-25-21(15-19)26-16(2)17-7-5-4-6-8-17/h4-16H,3H2,1-2H3,(H,25,26)/t16-/m0/s1. The van der Waals surface area contributed by atoms with Gasteiger partial charge in [0, 0.05) is 29.9 Å². The summed E-state index contributed by atoms with van der Waals surface area (Å²) < 4.78 is 15.2. The van der Waals surface area contributed by atoms with E-state index in [1.54, 1.807) is 18.3 Å². The van der Waals surface area contributed by atoms with Crippen LogP contribution in [0.3, 0.4) is 0 Å². The van der Waals surface area contributed by atoms with Gasteiger partial charge in [0.05, 0.1) is 5.69 Å². The van der Waals surface area contributed by atoms with Crippen molar-refractivity contribution in [3.05, 3.63) is 84.3 Å². The third-order valence-corrected chi connectivity index (χ3v) is 4.85. The maximum Gasteiger partial charge on any atom is 0.127 e. The van der Waals surface area contributed by atoms with E-state index in [-0.39, 0.29) is 11.9 Å². The van der Waals surface area contributed by atoms with Gasteiger partial charge in [-0.2, -0.15) is 0 Å². The minimum absolute atomic E-state index is 0.115. The van der Waals surface area contributed by atoms with Gasteiger partial charge in [-0.15, -0.1) is 5.10 Å². The second kappa shape index (κ2) is 8.22. The molecule has 0 saturated carbocycles. The van der Waals surface area contributed by atoms with Gasteiger partial charge in [0.15, 0.2) is 0 Å². The number of nitrogens with one attached hydrogen (secondary N) is 1. The van der Waals surface area contributed by atoms with E-state index in [0.29, 0.717) is 6.54 Å². The Balaban J connectivity index is 1.69. The van der Waals surface area contributed by atoms with E-state index in [0.717, 1.165) is 28.3 Å². The molecule has 0 aliphatic heterocycles. The zero-order valence-electron chi connectivity index (χ0n) is 16.4. The molecule has 4 aromatic rings. The van der Waals surface area contributed by atoms with Crippen molar-refractivity contribution in [2.75, 3.05) is 5.32 Å². The van der Waals surface area contributed by atoms with Crippen molar-refractivity contribution in [1.82, 2.24) is 20.0 Å². The summed E-state index contributed by atoms with van der Waals surface area (Å²) in [5.41, 5.74) is 4.57. The van der Waals surface area contributed by atoms with Crippen LogP contribution in [0.25, 0.3) is 22.5 Å². The van der Waals surface area contributed by atoms with Gasteiger partial charge in [-0.25, -0.2) is 14.1 Å². The molecular weight excluding hydrogens is 365 g/mol. The highest BCUT2D eigenvalue weighted by Gasteiger charge is 2.17. The number of benzene rings is 2. The van der Waals surface area contributed by atoms with Gasteiger partial charge in [0.25, 0.3) is 0 Å². The fourth-order valence-corrected chi connectivity index (χ4v) is 3.33. The molecule has 0 amide bonds. The summed E-state index contributed by atoms with van der Waals surface area (Å²) in [6.07, 6.45) is 1.77. The molecule has 0 fully saturated rings. The van der Waals surface area contributed by atoms with Crippen molar-refractivity contribution < 1.29 is 4.39 Å². The fraction of sp³-hybridized carbons (Fsp3) is 0.174. The van der Waals surface area contributed by atoms with Crippen molar-refractivity contribution in [3.8, 4) is 22.5 Å². The first-order chi connectivity index (χ1) is 14.2. The Morgan fingerprint density at radius 3 is 2.48 bits per heavy atom. The number of anilines is 1. The summed E-state index contributed by atoms with van der Waals surface area (Å²) in [5, 5.41) is 12.1. The monoisotopic (exact) mass is 387 g/mol. The average molecular weight is 387 g/mol. The SMILES string of the molecule is CCn1nnc(-c2ccc(F)cc2)c1-c1ccnc(N[C@@H](C)c2ccccc2)c1. The van der Waals surface area contributed by atoms with E-state index in [2.05, 4.69) is 39.7 Å². The molecule has 6 heteroatoms. The van der Waals surface area contributed by atoms with Crippen LogP contribution in [-0.4, -0.2) is 20.0 Å². The zero-order valence-corrected chi connectivity index (χ0v) is 16.4. The normalized spacial score (nSPS) is 12.0. The first-order valence-corrected chi connectivity index (χ1v) is 9.63. The van der Waals surface area contributed by atoms with E-state index in [9.17, 15) is 4.39 Å². The van der Waals surface area contributed by atoms with Gasteiger partial charge < -0.3 is 5.32 Å². The van der Waals surface area contributed by atoms with Crippen LogP contribution in [0.4, 0.5) is 10.2 Å². The molecule has 2 aromatic heterocycles. The molecule has 2 heterocycles. The minimum atomic E-state index is -0.275. The number of aromatic nitrogens is 4. The summed E-state index contributed by atoms with van der Waals surface area (Å²) in [4.78, 5) is 4.47. The molecule has 0 bridgehead atoms. The Bertz CT molecular complexity index is 1090. The lowest BCUT2D eigenvalue weighted by Crippen LogP contribution is -2.08. The number of nitrogens with zero attached hydrogens (tertiary/aromatic N) is 4. The molecule has 0 unspecified atom stereocenters. The van der Waals surface area contributed by atoms with E-state index >= 15 is 0 Å². The Morgan fingerprint density at radius 2 is 1.76 bits per heavy atom.